The van der Waals surface area contributed by atoms with Gasteiger partial charge in [-0.1, -0.05) is 39.8 Å². The van der Waals surface area contributed by atoms with E-state index in [2.05, 4.69) is 19.2 Å². The van der Waals surface area contributed by atoms with E-state index in [0.29, 0.717) is 24.6 Å². The summed E-state index contributed by atoms with van der Waals surface area (Å²) in [6.07, 6.45) is 1.04. The average Bonchev–Trinajstić information content (AvgIpc) is 2.36. The molecule has 19 heavy (non-hydrogen) atoms. The molecule has 0 saturated carbocycles. The number of hydrogen-bond acceptors (Lipinski definition) is 2. The molecule has 1 aromatic rings. The molecule has 0 radical (unpaired) electrons. The lowest BCUT2D eigenvalue weighted by Crippen LogP contribution is -2.38. The predicted molar refractivity (Wildman–Crippen MR) is 80.2 cm³/mol. The van der Waals surface area contributed by atoms with Gasteiger partial charge in [-0.3, -0.25) is 4.79 Å². The monoisotopic (exact) mass is 262 g/mol. The first-order valence-electron chi connectivity index (χ1n) is 6.91. The molecule has 3 heteroatoms. The highest BCUT2D eigenvalue weighted by molar-refractivity contribution is 5.94. The molecule has 3 N–H and O–H groups in total. The van der Waals surface area contributed by atoms with Crippen molar-refractivity contribution in [3.05, 3.63) is 35.4 Å². The number of hydrogen-bond donors (Lipinski definition) is 2. The topological polar surface area (TPSA) is 55.1 Å². The second-order valence-corrected chi connectivity index (χ2v) is 6.35. The van der Waals surface area contributed by atoms with Crippen molar-refractivity contribution >= 4 is 5.91 Å². The SMILES string of the molecule is CC(C)Cc1ccc(C(=O)NCC(C)(C)CN)cc1. The quantitative estimate of drug-likeness (QED) is 0.828. The van der Waals surface area contributed by atoms with Gasteiger partial charge in [0.05, 0.1) is 0 Å². The van der Waals surface area contributed by atoms with Gasteiger partial charge < -0.3 is 11.1 Å². The lowest BCUT2D eigenvalue weighted by Gasteiger charge is -2.22. The van der Waals surface area contributed by atoms with Crippen LogP contribution >= 0.6 is 0 Å². The number of benzene rings is 1. The summed E-state index contributed by atoms with van der Waals surface area (Å²) >= 11 is 0. The minimum Gasteiger partial charge on any atom is -0.351 e. The van der Waals surface area contributed by atoms with Gasteiger partial charge in [0.2, 0.25) is 0 Å². The highest BCUT2D eigenvalue weighted by Gasteiger charge is 2.17. The second kappa shape index (κ2) is 6.71. The van der Waals surface area contributed by atoms with Crippen molar-refractivity contribution in [2.45, 2.75) is 34.1 Å². The summed E-state index contributed by atoms with van der Waals surface area (Å²) in [5, 5.41) is 2.93. The predicted octanol–water partition coefficient (Wildman–Crippen LogP) is 2.60. The Morgan fingerprint density at radius 3 is 2.32 bits per heavy atom. The lowest BCUT2D eigenvalue weighted by molar-refractivity contribution is 0.0938. The van der Waals surface area contributed by atoms with Gasteiger partial charge in [0, 0.05) is 12.1 Å². The van der Waals surface area contributed by atoms with Crippen LogP contribution in [0.1, 0.15) is 43.6 Å². The molecule has 1 rings (SSSR count). The molecule has 0 aliphatic carbocycles. The maximum Gasteiger partial charge on any atom is 0.251 e. The summed E-state index contributed by atoms with van der Waals surface area (Å²) in [4.78, 5) is 12.0. The van der Waals surface area contributed by atoms with E-state index in [-0.39, 0.29) is 11.3 Å². The Hall–Kier alpha value is -1.35. The Kier molecular flexibility index (Phi) is 5.55. The Labute approximate surface area is 116 Å². The number of amides is 1. The molecule has 0 fully saturated rings. The first-order chi connectivity index (χ1) is 8.84. The van der Waals surface area contributed by atoms with Crippen LogP contribution in [0.5, 0.6) is 0 Å². The second-order valence-electron chi connectivity index (χ2n) is 6.35. The van der Waals surface area contributed by atoms with Gasteiger partial charge in [0.1, 0.15) is 0 Å². The lowest BCUT2D eigenvalue weighted by atomic mass is 9.94. The molecule has 0 saturated heterocycles. The van der Waals surface area contributed by atoms with Gasteiger partial charge in [-0.15, -0.1) is 0 Å². The molecule has 1 aromatic carbocycles. The van der Waals surface area contributed by atoms with Crippen molar-refractivity contribution in [2.24, 2.45) is 17.1 Å². The largest absolute Gasteiger partial charge is 0.351 e. The van der Waals surface area contributed by atoms with E-state index >= 15 is 0 Å². The molecular weight excluding hydrogens is 236 g/mol. The van der Waals surface area contributed by atoms with Crippen molar-refractivity contribution in [3.8, 4) is 0 Å². The van der Waals surface area contributed by atoms with Crippen LogP contribution in [0.3, 0.4) is 0 Å². The number of rotatable bonds is 6. The van der Waals surface area contributed by atoms with Crippen LogP contribution in [0.2, 0.25) is 0 Å². The minimum atomic E-state index is -0.0623. The van der Waals surface area contributed by atoms with Crippen LogP contribution in [0, 0.1) is 11.3 Å². The normalized spacial score (nSPS) is 11.7. The van der Waals surface area contributed by atoms with Crippen molar-refractivity contribution in [1.82, 2.24) is 5.32 Å². The first-order valence-corrected chi connectivity index (χ1v) is 6.91. The standard InChI is InChI=1S/C16H26N2O/c1-12(2)9-13-5-7-14(8-6-13)15(19)18-11-16(3,4)10-17/h5-8,12H,9-11,17H2,1-4H3,(H,18,19). The number of carbonyl (C=O) groups is 1. The molecule has 0 heterocycles. The fourth-order valence-electron chi connectivity index (χ4n) is 1.76. The third-order valence-corrected chi connectivity index (χ3v) is 3.14. The first kappa shape index (κ1) is 15.7. The van der Waals surface area contributed by atoms with Crippen molar-refractivity contribution in [2.75, 3.05) is 13.1 Å². The molecule has 106 valence electrons. The molecule has 0 spiro atoms. The van der Waals surface area contributed by atoms with E-state index < -0.39 is 0 Å². The fraction of sp³-hybridized carbons (Fsp3) is 0.562. The molecule has 0 bridgehead atoms. The Morgan fingerprint density at radius 1 is 1.26 bits per heavy atom. The summed E-state index contributed by atoms with van der Waals surface area (Å²) < 4.78 is 0. The van der Waals surface area contributed by atoms with E-state index in [1.54, 1.807) is 0 Å². The Bertz CT molecular complexity index is 407. The Morgan fingerprint density at radius 2 is 1.84 bits per heavy atom. The zero-order chi connectivity index (χ0) is 14.5. The molecule has 0 aliphatic rings. The van der Waals surface area contributed by atoms with Crippen LogP contribution < -0.4 is 11.1 Å². The maximum atomic E-state index is 12.0. The fourth-order valence-corrected chi connectivity index (χ4v) is 1.76. The maximum absolute atomic E-state index is 12.0. The summed E-state index contributed by atoms with van der Waals surface area (Å²) in [6.45, 7) is 9.61. The van der Waals surface area contributed by atoms with Crippen LogP contribution in [0.15, 0.2) is 24.3 Å². The molecule has 0 aliphatic heterocycles. The van der Waals surface area contributed by atoms with Gasteiger partial charge in [0.25, 0.3) is 5.91 Å². The summed E-state index contributed by atoms with van der Waals surface area (Å²) in [5.41, 5.74) is 7.56. The van der Waals surface area contributed by atoms with Crippen molar-refractivity contribution < 1.29 is 4.79 Å². The zero-order valence-corrected chi connectivity index (χ0v) is 12.5. The molecule has 0 unspecified atom stereocenters. The van der Waals surface area contributed by atoms with Crippen LogP contribution in [-0.2, 0) is 6.42 Å². The van der Waals surface area contributed by atoms with Crippen LogP contribution in [0.4, 0.5) is 0 Å². The van der Waals surface area contributed by atoms with Gasteiger partial charge in [-0.05, 0) is 42.0 Å². The van der Waals surface area contributed by atoms with E-state index in [1.807, 2.05) is 38.1 Å². The summed E-state index contributed by atoms with van der Waals surface area (Å²) in [6, 6.07) is 7.84. The van der Waals surface area contributed by atoms with E-state index in [9.17, 15) is 4.79 Å². The van der Waals surface area contributed by atoms with Crippen LogP contribution in [0.25, 0.3) is 0 Å². The van der Waals surface area contributed by atoms with E-state index in [4.69, 9.17) is 5.73 Å². The average molecular weight is 262 g/mol. The number of carbonyl (C=O) groups excluding carboxylic acids is 1. The third kappa shape index (κ3) is 5.43. The van der Waals surface area contributed by atoms with E-state index in [1.165, 1.54) is 5.56 Å². The zero-order valence-electron chi connectivity index (χ0n) is 12.5. The molecular formula is C16H26N2O. The van der Waals surface area contributed by atoms with Gasteiger partial charge in [-0.2, -0.15) is 0 Å². The molecule has 1 amide bonds. The molecule has 0 aromatic heterocycles. The van der Waals surface area contributed by atoms with E-state index in [0.717, 1.165) is 6.42 Å². The Balaban J connectivity index is 2.58. The smallest absolute Gasteiger partial charge is 0.251 e. The van der Waals surface area contributed by atoms with Gasteiger partial charge in [-0.25, -0.2) is 0 Å². The van der Waals surface area contributed by atoms with Crippen LogP contribution in [-0.4, -0.2) is 19.0 Å². The van der Waals surface area contributed by atoms with Crippen molar-refractivity contribution in [1.29, 1.82) is 0 Å². The van der Waals surface area contributed by atoms with Gasteiger partial charge in [0.15, 0.2) is 0 Å². The minimum absolute atomic E-state index is 0.0300. The number of nitrogens with one attached hydrogen (secondary N) is 1. The summed E-state index contributed by atoms with van der Waals surface area (Å²) in [7, 11) is 0. The third-order valence-electron chi connectivity index (χ3n) is 3.14. The molecule has 3 nitrogen and oxygen atoms in total. The van der Waals surface area contributed by atoms with Crippen molar-refractivity contribution in [3.63, 3.8) is 0 Å². The summed E-state index contributed by atoms with van der Waals surface area (Å²) in [5.74, 6) is 0.600. The van der Waals surface area contributed by atoms with Gasteiger partial charge >= 0.3 is 0 Å². The highest BCUT2D eigenvalue weighted by Crippen LogP contribution is 2.12. The molecule has 0 atom stereocenters. The highest BCUT2D eigenvalue weighted by atomic mass is 16.1. The number of nitrogens with two attached hydrogens (primary N) is 1.